The number of benzene rings is 2. The number of hydrogen-bond donors (Lipinski definition) is 2. The van der Waals surface area contributed by atoms with Gasteiger partial charge in [-0.1, -0.05) is 35.9 Å². The third kappa shape index (κ3) is 4.08. The summed E-state index contributed by atoms with van der Waals surface area (Å²) in [5.41, 5.74) is -0.0440. The maximum absolute atomic E-state index is 14.6. The van der Waals surface area contributed by atoms with E-state index >= 15 is 0 Å². The average molecular weight is 466 g/mol. The van der Waals surface area contributed by atoms with Gasteiger partial charge in [0, 0.05) is 37.0 Å². The molecule has 166 valence electrons. The Morgan fingerprint density at radius 2 is 2.03 bits per heavy atom. The second-order valence-electron chi connectivity index (χ2n) is 7.19. The molecule has 2 atom stereocenters. The van der Waals surface area contributed by atoms with E-state index in [9.17, 15) is 28.0 Å². The fourth-order valence-electron chi connectivity index (χ4n) is 3.43. The van der Waals surface area contributed by atoms with E-state index in [0.29, 0.717) is 0 Å². The van der Waals surface area contributed by atoms with Gasteiger partial charge < -0.3 is 10.2 Å². The number of nitrogens with one attached hydrogen (secondary N) is 2. The number of halogens is 3. The third-order valence-electron chi connectivity index (χ3n) is 5.06. The Bertz CT molecular complexity index is 1280. The lowest BCUT2D eigenvalue weighted by Gasteiger charge is -2.29. The van der Waals surface area contributed by atoms with Gasteiger partial charge >= 0.3 is 5.92 Å². The molecule has 4 rings (SSSR count). The maximum Gasteiger partial charge on any atom is 0.349 e. The minimum absolute atomic E-state index is 0.0236. The molecule has 0 radical (unpaired) electrons. The summed E-state index contributed by atoms with van der Waals surface area (Å²) in [6, 6.07) is 5.88. The van der Waals surface area contributed by atoms with Gasteiger partial charge in [-0.15, -0.1) is 0 Å². The van der Waals surface area contributed by atoms with E-state index in [-0.39, 0.29) is 38.9 Å². The summed E-state index contributed by atoms with van der Waals surface area (Å²) < 4.78 is 61.3. The van der Waals surface area contributed by atoms with Gasteiger partial charge in [0.25, 0.3) is 11.8 Å². The highest BCUT2D eigenvalue weighted by Crippen LogP contribution is 2.30. The molecule has 32 heavy (non-hydrogen) atoms. The van der Waals surface area contributed by atoms with E-state index in [1.54, 1.807) is 0 Å². The lowest BCUT2D eigenvalue weighted by molar-refractivity contribution is -0.147. The number of amides is 4. The molecule has 1 saturated heterocycles. The highest BCUT2D eigenvalue weighted by Gasteiger charge is 2.41. The van der Waals surface area contributed by atoms with Crippen LogP contribution in [-0.4, -0.2) is 34.5 Å². The molecule has 10 heteroatoms. The van der Waals surface area contributed by atoms with Crippen LogP contribution in [0.1, 0.15) is 42.6 Å². The topological polar surface area (TPSA) is 95.6 Å². The molecule has 2 heterocycles. The molecule has 0 aromatic heterocycles. The summed E-state index contributed by atoms with van der Waals surface area (Å²) in [6.07, 6.45) is -2.21. The molecule has 1 fully saturated rings. The first-order chi connectivity index (χ1) is 16.8. The Hall–Kier alpha value is -3.33. The fourth-order valence-corrected chi connectivity index (χ4v) is 3.55. The number of carbonyl (C=O) groups excluding carboxylic acids is 4. The zero-order valence-corrected chi connectivity index (χ0v) is 17.1. The zero-order chi connectivity index (χ0) is 26.6. The summed E-state index contributed by atoms with van der Waals surface area (Å²) >= 11 is 5.69. The van der Waals surface area contributed by atoms with Gasteiger partial charge in [0.2, 0.25) is 11.8 Å². The molecule has 0 bridgehead atoms. The van der Waals surface area contributed by atoms with Crippen molar-refractivity contribution >= 4 is 35.2 Å². The number of hydrogen-bond acceptors (Lipinski definition) is 4. The lowest BCUT2D eigenvalue weighted by Crippen LogP contribution is -2.52. The molecule has 2 N–H and O–H groups in total. The van der Waals surface area contributed by atoms with Crippen molar-refractivity contribution in [3.05, 3.63) is 69.7 Å². The monoisotopic (exact) mass is 465 g/mol. The van der Waals surface area contributed by atoms with Crippen molar-refractivity contribution in [1.82, 2.24) is 15.5 Å². The van der Waals surface area contributed by atoms with Crippen LogP contribution in [0.25, 0.3) is 0 Å². The Morgan fingerprint density at radius 1 is 1.31 bits per heavy atom. The van der Waals surface area contributed by atoms with Crippen LogP contribution in [0.3, 0.4) is 0 Å². The van der Waals surface area contributed by atoms with Gasteiger partial charge in [-0.3, -0.25) is 24.5 Å². The molecule has 0 saturated carbocycles. The Kier molecular flexibility index (Phi) is 4.48. The highest BCUT2D eigenvalue weighted by molar-refractivity contribution is 6.30. The second kappa shape index (κ2) is 8.31. The molecule has 7 nitrogen and oxygen atoms in total. The van der Waals surface area contributed by atoms with E-state index in [1.165, 1.54) is 30.3 Å². The van der Waals surface area contributed by atoms with Crippen LogP contribution in [0.15, 0.2) is 42.5 Å². The van der Waals surface area contributed by atoms with Crippen LogP contribution in [0, 0.1) is 0 Å². The standard InChI is InChI=1S/C22H18ClF2N3O4/c23-15-4-2-14(3-5-15)22(24,25)21(32)26-10-12-1-6-16-13(9-12)11-28(20(16)31)17-7-8-18(29)27-19(17)30/h1-6,9,17H,7-8,10-11H2,(H,26,32)(H,27,29,30)/t17-/m0/s1/i7D,17D/hD2/t7?,17-. The third-order valence-corrected chi connectivity index (χ3v) is 5.31. The summed E-state index contributed by atoms with van der Waals surface area (Å²) in [6.45, 7) is -0.869. The van der Waals surface area contributed by atoms with E-state index in [0.717, 1.165) is 17.0 Å². The SMILES string of the molecule is [2H]C1CC(=O)N([2H])C(=O)[C@@]1([2H])N1Cc2cc(CN([2H])C(=O)C(F)(F)c3ccc(Cl)cc3)ccc2C1=O. The van der Waals surface area contributed by atoms with Gasteiger partial charge in [-0.05, 0) is 35.7 Å². The Morgan fingerprint density at radius 3 is 2.75 bits per heavy atom. The van der Waals surface area contributed by atoms with Crippen LogP contribution in [-0.2, 0) is 33.4 Å². The number of imide groups is 1. The molecule has 4 amide bonds. The van der Waals surface area contributed by atoms with Crippen LogP contribution in [0.5, 0.6) is 0 Å². The fraction of sp³-hybridized carbons (Fsp3) is 0.273. The van der Waals surface area contributed by atoms with Gasteiger partial charge in [0.05, 0.1) is 1.37 Å². The first-order valence-corrected chi connectivity index (χ1v) is 9.83. The Labute approximate surface area is 192 Å². The number of rotatable bonds is 5. The van der Waals surface area contributed by atoms with E-state index < -0.39 is 60.5 Å². The number of alkyl halides is 2. The number of piperidine rings is 1. The first kappa shape index (κ1) is 17.3. The zero-order valence-electron chi connectivity index (χ0n) is 20.3. The molecule has 2 aromatic rings. The molecular formula is C22H18ClF2N3O4. The lowest BCUT2D eigenvalue weighted by atomic mass is 10.0. The Balaban J connectivity index is 1.53. The molecule has 2 aliphatic rings. The van der Waals surface area contributed by atoms with Crippen molar-refractivity contribution < 1.29 is 33.5 Å². The summed E-state index contributed by atoms with van der Waals surface area (Å²) in [5, 5.41) is 0.268. The predicted molar refractivity (Wildman–Crippen MR) is 110 cm³/mol. The number of nitrogens with zero attached hydrogens (tertiary/aromatic N) is 1. The van der Waals surface area contributed by atoms with Crippen molar-refractivity contribution in [3.63, 3.8) is 0 Å². The summed E-state index contributed by atoms with van der Waals surface area (Å²) in [7, 11) is 0. The van der Waals surface area contributed by atoms with E-state index in [4.69, 9.17) is 17.2 Å². The van der Waals surface area contributed by atoms with Gasteiger partial charge in [0.1, 0.15) is 6.02 Å². The summed E-state index contributed by atoms with van der Waals surface area (Å²) in [4.78, 5) is 50.3. The minimum Gasteiger partial charge on any atom is -0.346 e. The maximum atomic E-state index is 14.6. The van der Waals surface area contributed by atoms with Gasteiger partial charge in [-0.2, -0.15) is 8.78 Å². The van der Waals surface area contributed by atoms with E-state index in [1.807, 2.05) is 0 Å². The van der Waals surface area contributed by atoms with Gasteiger partial charge in [-0.25, -0.2) is 0 Å². The molecule has 2 aliphatic heterocycles. The van der Waals surface area contributed by atoms with Crippen molar-refractivity contribution in [2.24, 2.45) is 0 Å². The number of carbonyl (C=O) groups is 4. The molecule has 0 aliphatic carbocycles. The highest BCUT2D eigenvalue weighted by atomic mass is 35.5. The quantitative estimate of drug-likeness (QED) is 0.663. The molecule has 2 aromatic carbocycles. The smallest absolute Gasteiger partial charge is 0.346 e. The van der Waals surface area contributed by atoms with Crippen molar-refractivity contribution in [1.29, 1.82) is 0 Å². The van der Waals surface area contributed by atoms with Crippen LogP contribution >= 0.6 is 11.6 Å². The molecule has 1 unspecified atom stereocenters. The van der Waals surface area contributed by atoms with Crippen LogP contribution < -0.4 is 10.6 Å². The molecular weight excluding hydrogens is 444 g/mol. The largest absolute Gasteiger partial charge is 0.349 e. The van der Waals surface area contributed by atoms with Crippen molar-refractivity contribution in [2.75, 3.05) is 0 Å². The van der Waals surface area contributed by atoms with E-state index in [2.05, 4.69) is 0 Å². The normalized spacial score (nSPS) is 25.1. The predicted octanol–water partition coefficient (Wildman–Crippen LogP) is 2.51. The van der Waals surface area contributed by atoms with Crippen LogP contribution in [0.4, 0.5) is 8.78 Å². The van der Waals surface area contributed by atoms with Crippen molar-refractivity contribution in [3.8, 4) is 0 Å². The van der Waals surface area contributed by atoms with Crippen molar-refractivity contribution in [2.45, 2.75) is 37.8 Å². The van der Waals surface area contributed by atoms with Crippen LogP contribution in [0.2, 0.25) is 7.85 Å². The average Bonchev–Trinajstić information content (AvgIpc) is 3.17. The first-order valence-electron chi connectivity index (χ1n) is 11.4. The summed E-state index contributed by atoms with van der Waals surface area (Å²) in [5.74, 6) is -8.82. The number of fused-ring (bicyclic) bond motifs is 1. The minimum atomic E-state index is -3.99. The molecule has 0 spiro atoms. The van der Waals surface area contributed by atoms with Gasteiger partial charge in [0.15, 0.2) is 2.82 Å². The second-order valence-corrected chi connectivity index (χ2v) is 7.63.